The number of carbonyl (C=O) groups excluding carboxylic acids is 1. The molecule has 182 valence electrons. The minimum Gasteiger partial charge on any atom is -0.378 e. The Morgan fingerprint density at radius 2 is 2.03 bits per heavy atom. The molecule has 1 amide bonds. The van der Waals surface area contributed by atoms with Gasteiger partial charge in [-0.1, -0.05) is 44.6 Å². The Hall–Kier alpha value is -1.86. The topological polar surface area (TPSA) is 67.9 Å². The van der Waals surface area contributed by atoms with Gasteiger partial charge in [0, 0.05) is 32.1 Å². The van der Waals surface area contributed by atoms with Gasteiger partial charge >= 0.3 is 0 Å². The van der Waals surface area contributed by atoms with Gasteiger partial charge in [-0.15, -0.1) is 0 Å². The third kappa shape index (κ3) is 5.20. The van der Waals surface area contributed by atoms with Crippen LogP contribution < -0.4 is 11.0 Å². The van der Waals surface area contributed by atoms with Crippen molar-refractivity contribution >= 4 is 36.6 Å². The summed E-state index contributed by atoms with van der Waals surface area (Å²) in [4.78, 5) is 19.8. The second kappa shape index (κ2) is 11.3. The van der Waals surface area contributed by atoms with Crippen molar-refractivity contribution in [1.82, 2.24) is 4.90 Å². The summed E-state index contributed by atoms with van der Waals surface area (Å²) in [7, 11) is 2.19. The molecule has 5 nitrogen and oxygen atoms in total. The molecule has 2 aliphatic rings. The molecule has 1 fully saturated rings. The average molecular weight is 506 g/mol. The standard InChI is InChI=1S/C25H30F2N3O2PS/c1-29-24(19-14-18(26)6-7-21(19)27)34-25(15-23(31)30-10-12-32-13-11-30)17(8-9-28)16-33-22-5-3-2-4-20(22)25/h2-7,14,17,33H,8-13,15-16,28H2,1H3/t17?,25-/m0/s1. The lowest BCUT2D eigenvalue weighted by Gasteiger charge is -2.46. The van der Waals surface area contributed by atoms with Gasteiger partial charge in [0.15, 0.2) is 0 Å². The quantitative estimate of drug-likeness (QED) is 0.371. The average Bonchev–Trinajstić information content (AvgIpc) is 2.86. The van der Waals surface area contributed by atoms with Crippen molar-refractivity contribution in [1.29, 1.82) is 0 Å². The molecule has 0 bridgehead atoms. The summed E-state index contributed by atoms with van der Waals surface area (Å²) in [5.41, 5.74) is 7.22. The van der Waals surface area contributed by atoms with Gasteiger partial charge in [-0.3, -0.25) is 9.79 Å². The molecular weight excluding hydrogens is 475 g/mol. The minimum atomic E-state index is -0.690. The molecule has 0 saturated carbocycles. The molecule has 0 spiro atoms. The van der Waals surface area contributed by atoms with Gasteiger partial charge in [0.1, 0.15) is 16.7 Å². The van der Waals surface area contributed by atoms with E-state index >= 15 is 0 Å². The van der Waals surface area contributed by atoms with E-state index in [0.717, 1.165) is 30.3 Å². The Bertz CT molecular complexity index is 1060. The zero-order chi connectivity index (χ0) is 24.1. The first-order valence-electron chi connectivity index (χ1n) is 11.5. The lowest BCUT2D eigenvalue weighted by atomic mass is 9.80. The van der Waals surface area contributed by atoms with E-state index in [-0.39, 0.29) is 23.8 Å². The van der Waals surface area contributed by atoms with Crippen molar-refractivity contribution in [2.75, 3.05) is 46.1 Å². The first kappa shape index (κ1) is 25.2. The van der Waals surface area contributed by atoms with Crippen LogP contribution in [0, 0.1) is 17.6 Å². The smallest absolute Gasteiger partial charge is 0.224 e. The number of nitrogens with two attached hydrogens (primary N) is 1. The summed E-state index contributed by atoms with van der Waals surface area (Å²) in [5.74, 6) is -0.937. The van der Waals surface area contributed by atoms with Gasteiger partial charge in [-0.05, 0) is 54.1 Å². The van der Waals surface area contributed by atoms with Crippen LogP contribution in [-0.4, -0.2) is 61.9 Å². The third-order valence-corrected chi connectivity index (χ3v) is 9.69. The highest BCUT2D eigenvalue weighted by atomic mass is 32.2. The molecule has 0 aromatic heterocycles. The van der Waals surface area contributed by atoms with Crippen LogP contribution in [0.1, 0.15) is 24.0 Å². The number of hydrogen-bond donors (Lipinski definition) is 1. The van der Waals surface area contributed by atoms with Crippen LogP contribution in [-0.2, 0) is 14.3 Å². The van der Waals surface area contributed by atoms with Crippen LogP contribution in [0.5, 0.6) is 0 Å². The molecule has 34 heavy (non-hydrogen) atoms. The summed E-state index contributed by atoms with van der Waals surface area (Å²) in [6.07, 6.45) is 1.85. The number of amides is 1. The van der Waals surface area contributed by atoms with Crippen LogP contribution in [0.15, 0.2) is 47.5 Å². The van der Waals surface area contributed by atoms with Crippen molar-refractivity contribution in [3.05, 3.63) is 65.2 Å². The predicted molar refractivity (Wildman–Crippen MR) is 137 cm³/mol. The fourth-order valence-electron chi connectivity index (χ4n) is 4.78. The molecule has 1 saturated heterocycles. The summed E-state index contributed by atoms with van der Waals surface area (Å²) in [5, 5.41) is 1.59. The van der Waals surface area contributed by atoms with E-state index in [4.69, 9.17) is 10.5 Å². The number of morpholine rings is 1. The Morgan fingerprint density at radius 3 is 2.76 bits per heavy atom. The van der Waals surface area contributed by atoms with E-state index in [0.29, 0.717) is 46.5 Å². The fourth-order valence-corrected chi connectivity index (χ4v) is 8.30. The molecule has 4 rings (SSSR count). The maximum absolute atomic E-state index is 14.8. The lowest BCUT2D eigenvalue weighted by molar-refractivity contribution is -0.136. The van der Waals surface area contributed by atoms with E-state index < -0.39 is 16.4 Å². The summed E-state index contributed by atoms with van der Waals surface area (Å²) in [6, 6.07) is 11.6. The summed E-state index contributed by atoms with van der Waals surface area (Å²) >= 11 is 1.39. The molecule has 3 atom stereocenters. The third-order valence-electron chi connectivity index (χ3n) is 6.51. The summed E-state index contributed by atoms with van der Waals surface area (Å²) in [6.45, 7) is 2.63. The number of benzene rings is 2. The van der Waals surface area contributed by atoms with Crippen LogP contribution in [0.25, 0.3) is 0 Å². The number of nitrogens with zero attached hydrogens (tertiary/aromatic N) is 2. The van der Waals surface area contributed by atoms with Crippen molar-refractivity contribution in [3.8, 4) is 0 Å². The lowest BCUT2D eigenvalue weighted by Crippen LogP contribution is -2.48. The van der Waals surface area contributed by atoms with E-state index in [9.17, 15) is 13.6 Å². The van der Waals surface area contributed by atoms with E-state index in [1.165, 1.54) is 23.1 Å². The maximum atomic E-state index is 14.8. The Kier molecular flexibility index (Phi) is 8.35. The monoisotopic (exact) mass is 505 g/mol. The minimum absolute atomic E-state index is 0.0352. The zero-order valence-electron chi connectivity index (χ0n) is 19.2. The molecule has 2 heterocycles. The van der Waals surface area contributed by atoms with E-state index in [2.05, 4.69) is 17.1 Å². The highest BCUT2D eigenvalue weighted by Crippen LogP contribution is 2.53. The molecular formula is C25H30F2N3O2PS. The van der Waals surface area contributed by atoms with Gasteiger partial charge in [0.25, 0.3) is 0 Å². The number of hydrogen-bond acceptors (Lipinski definition) is 5. The first-order valence-corrected chi connectivity index (χ1v) is 13.5. The predicted octanol–water partition coefficient (Wildman–Crippen LogP) is 3.50. The normalized spacial score (nSPS) is 23.7. The summed E-state index contributed by atoms with van der Waals surface area (Å²) < 4.78 is 33.6. The molecule has 0 aliphatic carbocycles. The van der Waals surface area contributed by atoms with E-state index in [1.54, 1.807) is 7.05 Å². The number of rotatable bonds is 6. The van der Waals surface area contributed by atoms with Crippen LogP contribution >= 0.6 is 20.3 Å². The fraction of sp³-hybridized carbons (Fsp3) is 0.440. The van der Waals surface area contributed by atoms with Crippen LogP contribution in [0.2, 0.25) is 0 Å². The first-order chi connectivity index (χ1) is 16.5. The highest BCUT2D eigenvalue weighted by Gasteiger charge is 2.48. The Labute approximate surface area is 205 Å². The van der Waals surface area contributed by atoms with Gasteiger partial charge in [-0.25, -0.2) is 8.78 Å². The molecule has 2 aliphatic heterocycles. The Morgan fingerprint density at radius 1 is 1.26 bits per heavy atom. The second-order valence-electron chi connectivity index (χ2n) is 8.52. The number of aliphatic imine (C=N–C) groups is 1. The number of thioether (sulfide) groups is 1. The van der Waals surface area contributed by atoms with Crippen molar-refractivity contribution in [2.45, 2.75) is 17.6 Å². The SMILES string of the molecule is CN=C(S[C@]1(CC(=O)N2CCOCC2)c2ccccc2PCC1CCN)c1cc(F)ccc1F. The zero-order valence-corrected chi connectivity index (χ0v) is 21.0. The van der Waals surface area contributed by atoms with Crippen LogP contribution in [0.4, 0.5) is 8.78 Å². The highest BCUT2D eigenvalue weighted by molar-refractivity contribution is 8.15. The molecule has 2 aromatic carbocycles. The van der Waals surface area contributed by atoms with Gasteiger partial charge in [0.2, 0.25) is 5.91 Å². The number of ether oxygens (including phenoxy) is 1. The molecule has 9 heteroatoms. The molecule has 2 unspecified atom stereocenters. The Balaban J connectivity index is 1.81. The molecule has 2 aromatic rings. The second-order valence-corrected chi connectivity index (χ2v) is 11.1. The van der Waals surface area contributed by atoms with Crippen molar-refractivity contribution in [2.24, 2.45) is 16.6 Å². The largest absolute Gasteiger partial charge is 0.378 e. The number of carbonyl (C=O) groups is 1. The number of halogens is 2. The number of fused-ring (bicyclic) bond motifs is 1. The molecule has 0 radical (unpaired) electrons. The maximum Gasteiger partial charge on any atom is 0.224 e. The van der Waals surface area contributed by atoms with E-state index in [1.807, 2.05) is 17.0 Å². The van der Waals surface area contributed by atoms with Gasteiger partial charge in [-0.2, -0.15) is 0 Å². The van der Waals surface area contributed by atoms with Gasteiger partial charge in [0.05, 0.1) is 18.0 Å². The van der Waals surface area contributed by atoms with Crippen molar-refractivity contribution in [3.63, 3.8) is 0 Å². The molecule has 2 N–H and O–H groups in total. The van der Waals surface area contributed by atoms with Crippen LogP contribution in [0.3, 0.4) is 0 Å². The van der Waals surface area contributed by atoms with Gasteiger partial charge < -0.3 is 15.4 Å². The van der Waals surface area contributed by atoms with Crippen molar-refractivity contribution < 1.29 is 18.3 Å².